The van der Waals surface area contributed by atoms with E-state index in [-0.39, 0.29) is 30.7 Å². The molecule has 1 atom stereocenters. The number of piperidine rings is 1. The van der Waals surface area contributed by atoms with Crippen molar-refractivity contribution in [2.24, 2.45) is 5.92 Å². The highest BCUT2D eigenvalue weighted by molar-refractivity contribution is 7.09. The maximum Gasteiger partial charge on any atom is 0.226 e. The number of thiazole rings is 1. The van der Waals surface area contributed by atoms with Crippen molar-refractivity contribution >= 4 is 53.7 Å². The van der Waals surface area contributed by atoms with Gasteiger partial charge in [0.25, 0.3) is 0 Å². The van der Waals surface area contributed by atoms with Crippen LogP contribution in [0, 0.1) is 5.92 Å². The smallest absolute Gasteiger partial charge is 0.226 e. The SMILES string of the molecule is Cl.Cl.O=C(Cc1csc(COc2ccc(Cl)cc2)n1)NCCC1CCCNC1. The molecule has 156 valence electrons. The Morgan fingerprint density at radius 3 is 2.82 bits per heavy atom. The van der Waals surface area contributed by atoms with Crippen molar-refractivity contribution in [3.8, 4) is 5.75 Å². The summed E-state index contributed by atoms with van der Waals surface area (Å²) < 4.78 is 5.68. The van der Waals surface area contributed by atoms with Crippen LogP contribution in [0.5, 0.6) is 5.75 Å². The van der Waals surface area contributed by atoms with Gasteiger partial charge in [0.15, 0.2) is 0 Å². The monoisotopic (exact) mass is 465 g/mol. The van der Waals surface area contributed by atoms with E-state index in [1.165, 1.54) is 24.2 Å². The Hall–Kier alpha value is -1.05. The van der Waals surface area contributed by atoms with Gasteiger partial charge in [-0.05, 0) is 62.5 Å². The standard InChI is InChI=1S/C19H24ClN3O2S.2ClH/c20-15-3-5-17(6-4-15)25-12-19-23-16(13-26-19)10-18(24)22-9-7-14-2-1-8-21-11-14;;/h3-6,13-14,21H,1-2,7-12H2,(H,22,24);2*1H. The summed E-state index contributed by atoms with van der Waals surface area (Å²) in [7, 11) is 0. The van der Waals surface area contributed by atoms with E-state index < -0.39 is 0 Å². The molecule has 0 radical (unpaired) electrons. The predicted molar refractivity (Wildman–Crippen MR) is 119 cm³/mol. The average molecular weight is 467 g/mol. The van der Waals surface area contributed by atoms with E-state index in [1.54, 1.807) is 12.1 Å². The highest BCUT2D eigenvalue weighted by atomic mass is 35.5. The van der Waals surface area contributed by atoms with Gasteiger partial charge in [-0.25, -0.2) is 4.98 Å². The number of ether oxygens (including phenoxy) is 1. The van der Waals surface area contributed by atoms with Crippen LogP contribution < -0.4 is 15.4 Å². The van der Waals surface area contributed by atoms with Crippen LogP contribution in [-0.2, 0) is 17.8 Å². The first-order valence-corrected chi connectivity index (χ1v) is 10.2. The molecule has 2 heterocycles. The van der Waals surface area contributed by atoms with Crippen LogP contribution in [0.4, 0.5) is 0 Å². The summed E-state index contributed by atoms with van der Waals surface area (Å²) in [6, 6.07) is 7.23. The summed E-state index contributed by atoms with van der Waals surface area (Å²) in [5, 5.41) is 9.87. The zero-order chi connectivity index (χ0) is 18.2. The summed E-state index contributed by atoms with van der Waals surface area (Å²) >= 11 is 7.36. The third-order valence-corrected chi connectivity index (χ3v) is 5.51. The van der Waals surface area contributed by atoms with E-state index in [0.29, 0.717) is 24.0 Å². The van der Waals surface area contributed by atoms with Crippen molar-refractivity contribution in [1.29, 1.82) is 0 Å². The van der Waals surface area contributed by atoms with Gasteiger partial charge in [0.2, 0.25) is 5.91 Å². The molecule has 0 spiro atoms. The molecule has 5 nitrogen and oxygen atoms in total. The van der Waals surface area contributed by atoms with Gasteiger partial charge < -0.3 is 15.4 Å². The maximum absolute atomic E-state index is 12.1. The minimum Gasteiger partial charge on any atom is -0.486 e. The van der Waals surface area contributed by atoms with E-state index in [1.807, 2.05) is 17.5 Å². The molecule has 0 aliphatic carbocycles. The van der Waals surface area contributed by atoms with Gasteiger partial charge in [-0.3, -0.25) is 4.79 Å². The molecule has 2 aromatic rings. The van der Waals surface area contributed by atoms with Gasteiger partial charge in [-0.2, -0.15) is 0 Å². The molecule has 1 aliphatic heterocycles. The second-order valence-corrected chi connectivity index (χ2v) is 7.88. The Labute approximate surface area is 187 Å². The van der Waals surface area contributed by atoms with E-state index in [2.05, 4.69) is 15.6 Å². The van der Waals surface area contributed by atoms with Crippen LogP contribution in [0.15, 0.2) is 29.6 Å². The third-order valence-electron chi connectivity index (χ3n) is 4.39. The molecule has 0 saturated carbocycles. The fourth-order valence-corrected chi connectivity index (χ4v) is 3.82. The number of hydrogen-bond acceptors (Lipinski definition) is 5. The van der Waals surface area contributed by atoms with Crippen LogP contribution in [0.3, 0.4) is 0 Å². The van der Waals surface area contributed by atoms with Crippen LogP contribution in [-0.4, -0.2) is 30.5 Å². The Morgan fingerprint density at radius 1 is 1.32 bits per heavy atom. The van der Waals surface area contributed by atoms with Crippen LogP contribution in [0.1, 0.15) is 30.0 Å². The van der Waals surface area contributed by atoms with E-state index >= 15 is 0 Å². The Kier molecular flexibility index (Phi) is 11.8. The van der Waals surface area contributed by atoms with Crippen molar-refractivity contribution in [3.63, 3.8) is 0 Å². The molecule has 1 fully saturated rings. The maximum atomic E-state index is 12.1. The normalized spacial score (nSPS) is 15.8. The number of nitrogens with zero attached hydrogens (tertiary/aromatic N) is 1. The second kappa shape index (κ2) is 13.2. The first kappa shape index (κ1) is 25.0. The zero-order valence-electron chi connectivity index (χ0n) is 15.5. The van der Waals surface area contributed by atoms with E-state index in [4.69, 9.17) is 16.3 Å². The molecule has 1 aliphatic rings. The highest BCUT2D eigenvalue weighted by Crippen LogP contribution is 2.18. The molecule has 1 unspecified atom stereocenters. The Balaban J connectivity index is 0.00000196. The van der Waals surface area contributed by atoms with E-state index in [9.17, 15) is 4.79 Å². The molecule has 3 rings (SSSR count). The van der Waals surface area contributed by atoms with Gasteiger partial charge in [-0.1, -0.05) is 11.6 Å². The number of carbonyl (C=O) groups is 1. The molecular weight excluding hydrogens is 441 g/mol. The van der Waals surface area contributed by atoms with Crippen molar-refractivity contribution in [2.75, 3.05) is 19.6 Å². The summed E-state index contributed by atoms with van der Waals surface area (Å²) in [5.74, 6) is 1.46. The van der Waals surface area contributed by atoms with Crippen LogP contribution >= 0.6 is 47.8 Å². The van der Waals surface area contributed by atoms with Gasteiger partial charge in [0.05, 0.1) is 12.1 Å². The lowest BCUT2D eigenvalue weighted by molar-refractivity contribution is -0.120. The minimum atomic E-state index is 0. The van der Waals surface area contributed by atoms with Gasteiger partial charge in [0, 0.05) is 16.9 Å². The molecular formula is C19H26Cl3N3O2S. The fourth-order valence-electron chi connectivity index (χ4n) is 2.99. The number of aromatic nitrogens is 1. The number of rotatable bonds is 8. The number of amides is 1. The lowest BCUT2D eigenvalue weighted by Crippen LogP contribution is -2.33. The zero-order valence-corrected chi connectivity index (χ0v) is 18.7. The average Bonchev–Trinajstić information content (AvgIpc) is 3.09. The molecule has 2 N–H and O–H groups in total. The van der Waals surface area contributed by atoms with Crippen LogP contribution in [0.2, 0.25) is 5.02 Å². The minimum absolute atomic E-state index is 0. The summed E-state index contributed by atoms with van der Waals surface area (Å²) in [5.41, 5.74) is 0.793. The van der Waals surface area contributed by atoms with Gasteiger partial charge >= 0.3 is 0 Å². The van der Waals surface area contributed by atoms with Crippen molar-refractivity contribution in [3.05, 3.63) is 45.4 Å². The lowest BCUT2D eigenvalue weighted by atomic mass is 9.96. The van der Waals surface area contributed by atoms with Crippen molar-refractivity contribution < 1.29 is 9.53 Å². The fraction of sp³-hybridized carbons (Fsp3) is 0.474. The largest absolute Gasteiger partial charge is 0.486 e. The molecule has 1 aromatic heterocycles. The first-order valence-electron chi connectivity index (χ1n) is 8.98. The second-order valence-electron chi connectivity index (χ2n) is 6.50. The molecule has 28 heavy (non-hydrogen) atoms. The number of benzene rings is 1. The Bertz CT molecular complexity index is 707. The van der Waals surface area contributed by atoms with Gasteiger partial charge in [0.1, 0.15) is 17.4 Å². The van der Waals surface area contributed by atoms with Crippen molar-refractivity contribution in [1.82, 2.24) is 15.6 Å². The number of nitrogens with one attached hydrogen (secondary N) is 2. The molecule has 0 bridgehead atoms. The van der Waals surface area contributed by atoms with Crippen LogP contribution in [0.25, 0.3) is 0 Å². The molecule has 9 heteroatoms. The topological polar surface area (TPSA) is 63.2 Å². The number of halogens is 3. The molecule has 1 aromatic carbocycles. The predicted octanol–water partition coefficient (Wildman–Crippen LogP) is 4.27. The quantitative estimate of drug-likeness (QED) is 0.610. The first-order chi connectivity index (χ1) is 12.7. The highest BCUT2D eigenvalue weighted by Gasteiger charge is 2.13. The van der Waals surface area contributed by atoms with E-state index in [0.717, 1.165) is 42.5 Å². The Morgan fingerprint density at radius 2 is 2.11 bits per heavy atom. The van der Waals surface area contributed by atoms with Gasteiger partial charge in [-0.15, -0.1) is 36.2 Å². The molecule has 1 saturated heterocycles. The summed E-state index contributed by atoms with van der Waals surface area (Å²) in [6.45, 7) is 3.32. The summed E-state index contributed by atoms with van der Waals surface area (Å²) in [6.07, 6.45) is 3.85. The number of carbonyl (C=O) groups excluding carboxylic acids is 1. The summed E-state index contributed by atoms with van der Waals surface area (Å²) in [4.78, 5) is 16.5. The number of hydrogen-bond donors (Lipinski definition) is 2. The molecule has 1 amide bonds. The third kappa shape index (κ3) is 8.53. The lowest BCUT2D eigenvalue weighted by Gasteiger charge is -2.22. The van der Waals surface area contributed by atoms with Crippen molar-refractivity contribution in [2.45, 2.75) is 32.3 Å².